The van der Waals surface area contributed by atoms with Crippen molar-refractivity contribution in [3.63, 3.8) is 0 Å². The van der Waals surface area contributed by atoms with Crippen molar-refractivity contribution in [2.75, 3.05) is 0 Å². The van der Waals surface area contributed by atoms with Crippen LogP contribution in [0.4, 0.5) is 0 Å². The van der Waals surface area contributed by atoms with Crippen molar-refractivity contribution in [2.24, 2.45) is 58.2 Å². The van der Waals surface area contributed by atoms with E-state index in [1.807, 2.05) is 0 Å². The summed E-state index contributed by atoms with van der Waals surface area (Å²) in [6, 6.07) is 22.7. The zero-order chi connectivity index (χ0) is 63.8. The average Bonchev–Trinajstić information content (AvgIpc) is 0.781. The summed E-state index contributed by atoms with van der Waals surface area (Å²) in [7, 11) is -2.11. The van der Waals surface area contributed by atoms with Gasteiger partial charge in [0.1, 0.15) is 0 Å². The van der Waals surface area contributed by atoms with Gasteiger partial charge in [0.15, 0.2) is 0 Å². The van der Waals surface area contributed by atoms with Crippen molar-refractivity contribution in [3.05, 3.63) is 71.8 Å². The van der Waals surface area contributed by atoms with Gasteiger partial charge in [0.25, 0.3) is 0 Å². The molecule has 6 fully saturated rings. The molecule has 0 saturated heterocycles. The smallest absolute Gasteiger partial charge is 0.328 e. The first kappa shape index (κ1) is 76.5. The second-order valence-corrected chi connectivity index (χ2v) is 34.3. The Morgan fingerprint density at radius 3 is 0.685 bits per heavy atom. The van der Waals surface area contributed by atoms with Crippen LogP contribution in [0.1, 0.15) is 410 Å². The molecule has 4 unspecified atom stereocenters. The molecule has 0 heterocycles. The fourth-order valence-corrected chi connectivity index (χ4v) is 23.0. The lowest BCUT2D eigenvalue weighted by Crippen LogP contribution is -2.45. The molecule has 0 aromatic heterocycles. The molecular formula is C88H151O3P. The maximum atomic E-state index is 13.0. The molecule has 1 N–H and O–H groups in total. The standard InChI is InChI=1S/C88H151O3P/c1-75(73-77-53-35-33-36-54-77)85(69-51-71-87(79-57-39-21-9-3-10-22-40-58-79,80-59-41-23-11-4-12-24-42-60-80)81-61-43-25-13-5-14-26-44-62-81)90-92(89)91-86(76(2)74-78-55-37-34-38-56-78)70-52-72-88(82-63-45-27-15-6-16-28-46-64-82,83-65-47-29-17-7-18-30-48-66-83)84-67-49-31-19-8-20-32-50-68-84/h33-38,53-56,75-76,79-86,89H,3-32,39-52,57-74H2,1-2H3. The summed E-state index contributed by atoms with van der Waals surface area (Å²) in [5, 5.41) is 0. The van der Waals surface area contributed by atoms with Gasteiger partial charge in [0.2, 0.25) is 0 Å². The highest BCUT2D eigenvalue weighted by atomic mass is 31.2. The number of rotatable bonds is 24. The average molecular weight is 1290 g/mol. The predicted octanol–water partition coefficient (Wildman–Crippen LogP) is 28.9. The van der Waals surface area contributed by atoms with E-state index in [1.165, 1.54) is 384 Å². The van der Waals surface area contributed by atoms with Crippen LogP contribution >= 0.6 is 8.60 Å². The third-order valence-electron chi connectivity index (χ3n) is 26.9. The third-order valence-corrected chi connectivity index (χ3v) is 27.8. The molecule has 3 nitrogen and oxygen atoms in total. The summed E-state index contributed by atoms with van der Waals surface area (Å²) < 4.78 is 14.9. The van der Waals surface area contributed by atoms with Crippen LogP contribution < -0.4 is 0 Å². The second-order valence-electron chi connectivity index (χ2n) is 33.4. The molecule has 0 amide bonds. The minimum atomic E-state index is -2.11. The SMILES string of the molecule is CC(Cc1ccccc1)C(CCCC(C1CCCCCCCCC1)(C1CCCCCCCCC1)C1CCCCCCCCC1)OP(O)OC(CCCC(C1CCCCCCCCC1)(C1CCCCCCCCC1)C1CCCCCCCCC1)C(C)Cc1ccccc1. The van der Waals surface area contributed by atoms with Crippen LogP contribution in [0.5, 0.6) is 0 Å². The van der Waals surface area contributed by atoms with E-state index >= 15 is 0 Å². The fourth-order valence-electron chi connectivity index (χ4n) is 21.9. The normalized spacial score (nSPS) is 24.2. The number of benzene rings is 2. The highest BCUT2D eigenvalue weighted by molar-refractivity contribution is 7.40. The quantitative estimate of drug-likeness (QED) is 0.106. The summed E-state index contributed by atoms with van der Waals surface area (Å²) in [5.74, 6) is 5.60. The fraction of sp³-hybridized carbons (Fsp3) is 0.864. The molecule has 0 aliphatic heterocycles. The number of hydrogen-bond acceptors (Lipinski definition) is 3. The van der Waals surface area contributed by atoms with E-state index in [4.69, 9.17) is 9.05 Å². The molecule has 4 atom stereocenters. The highest BCUT2D eigenvalue weighted by Crippen LogP contribution is 2.60. The monoisotopic (exact) mass is 1290 g/mol. The van der Waals surface area contributed by atoms with Crippen LogP contribution in [0, 0.1) is 58.2 Å². The van der Waals surface area contributed by atoms with Gasteiger partial charge in [-0.1, -0.05) is 357 Å². The van der Waals surface area contributed by atoms with Gasteiger partial charge in [-0.25, -0.2) is 0 Å². The zero-order valence-corrected chi connectivity index (χ0v) is 62.0. The first-order valence-electron chi connectivity index (χ1n) is 42.4. The van der Waals surface area contributed by atoms with E-state index in [0.717, 1.165) is 61.2 Å². The first-order chi connectivity index (χ1) is 45.5. The van der Waals surface area contributed by atoms with Crippen LogP contribution in [0.25, 0.3) is 0 Å². The number of hydrogen-bond donors (Lipinski definition) is 1. The molecule has 2 aromatic carbocycles. The molecule has 4 heteroatoms. The zero-order valence-electron chi connectivity index (χ0n) is 61.1. The molecule has 6 aliphatic rings. The third kappa shape index (κ3) is 26.4. The van der Waals surface area contributed by atoms with Gasteiger partial charge in [-0.15, -0.1) is 0 Å². The molecule has 6 saturated carbocycles. The summed E-state index contributed by atoms with van der Waals surface area (Å²) in [6.45, 7) is 4.95. The maximum Gasteiger partial charge on any atom is 0.330 e. The van der Waals surface area contributed by atoms with E-state index in [9.17, 15) is 4.89 Å². The van der Waals surface area contributed by atoms with Crippen molar-refractivity contribution >= 4 is 8.60 Å². The summed E-state index contributed by atoms with van der Waals surface area (Å²) >= 11 is 0. The van der Waals surface area contributed by atoms with E-state index in [2.05, 4.69) is 74.5 Å². The predicted molar refractivity (Wildman–Crippen MR) is 400 cm³/mol. The van der Waals surface area contributed by atoms with Gasteiger partial charge in [-0.05, 0) is 185 Å². The highest BCUT2D eigenvalue weighted by Gasteiger charge is 2.51. The van der Waals surface area contributed by atoms with Crippen LogP contribution in [-0.2, 0) is 21.9 Å². The Hall–Kier alpha value is -1.25. The maximum absolute atomic E-state index is 13.0. The van der Waals surface area contributed by atoms with Gasteiger partial charge in [-0.3, -0.25) is 0 Å². The van der Waals surface area contributed by atoms with E-state index in [0.29, 0.717) is 10.8 Å². The Morgan fingerprint density at radius 2 is 0.489 bits per heavy atom. The molecule has 6 aliphatic carbocycles. The molecule has 0 radical (unpaired) electrons. The van der Waals surface area contributed by atoms with Gasteiger partial charge in [0.05, 0.1) is 12.2 Å². The van der Waals surface area contributed by atoms with Crippen molar-refractivity contribution < 1.29 is 13.9 Å². The lowest BCUT2D eigenvalue weighted by Gasteiger charge is -2.54. The second kappa shape index (κ2) is 46.2. The molecule has 8 rings (SSSR count). The Labute approximate surface area is 573 Å². The van der Waals surface area contributed by atoms with E-state index < -0.39 is 8.60 Å². The van der Waals surface area contributed by atoms with E-state index in [-0.39, 0.29) is 24.0 Å². The van der Waals surface area contributed by atoms with Crippen molar-refractivity contribution in [1.29, 1.82) is 0 Å². The molecular weight excluding hydrogens is 1140 g/mol. The van der Waals surface area contributed by atoms with Gasteiger partial charge < -0.3 is 13.9 Å². The Balaban J connectivity index is 1.11. The molecule has 2 aromatic rings. The molecule has 92 heavy (non-hydrogen) atoms. The lowest BCUT2D eigenvalue weighted by molar-refractivity contribution is -0.0467. The first-order valence-corrected chi connectivity index (χ1v) is 43.5. The summed E-state index contributed by atoms with van der Waals surface area (Å²) in [4.78, 5) is 13.0. The molecule has 0 bridgehead atoms. The van der Waals surface area contributed by atoms with Crippen molar-refractivity contribution in [3.8, 4) is 0 Å². The molecule has 0 spiro atoms. The Kier molecular flexibility index (Phi) is 38.4. The molecule has 526 valence electrons. The summed E-state index contributed by atoms with van der Waals surface area (Å²) in [6.07, 6.45) is 87.6. The lowest BCUT2D eigenvalue weighted by atomic mass is 9.51. The largest absolute Gasteiger partial charge is 0.330 e. The Bertz CT molecular complexity index is 1740. The minimum Gasteiger partial charge on any atom is -0.328 e. The van der Waals surface area contributed by atoms with Gasteiger partial charge in [-0.2, -0.15) is 0 Å². The minimum absolute atomic E-state index is 0.0494. The summed E-state index contributed by atoms with van der Waals surface area (Å²) in [5.41, 5.74) is 3.59. The van der Waals surface area contributed by atoms with Crippen LogP contribution in [0.3, 0.4) is 0 Å². The van der Waals surface area contributed by atoms with Crippen LogP contribution in [0.2, 0.25) is 0 Å². The van der Waals surface area contributed by atoms with Crippen LogP contribution in [0.15, 0.2) is 60.7 Å². The van der Waals surface area contributed by atoms with Gasteiger partial charge in [0, 0.05) is 0 Å². The Morgan fingerprint density at radius 1 is 0.304 bits per heavy atom. The van der Waals surface area contributed by atoms with E-state index in [1.54, 1.807) is 0 Å². The van der Waals surface area contributed by atoms with Crippen molar-refractivity contribution in [2.45, 2.75) is 424 Å². The van der Waals surface area contributed by atoms with Crippen molar-refractivity contribution in [1.82, 2.24) is 0 Å². The van der Waals surface area contributed by atoms with Crippen LogP contribution in [-0.4, -0.2) is 17.1 Å². The topological polar surface area (TPSA) is 38.7 Å². The van der Waals surface area contributed by atoms with Gasteiger partial charge >= 0.3 is 8.60 Å².